The summed E-state index contributed by atoms with van der Waals surface area (Å²) in [7, 11) is 1.64. The van der Waals surface area contributed by atoms with Gasteiger partial charge in [0.15, 0.2) is 0 Å². The van der Waals surface area contributed by atoms with Crippen molar-refractivity contribution in [3.63, 3.8) is 0 Å². The second-order valence-corrected chi connectivity index (χ2v) is 4.64. The first-order valence-corrected chi connectivity index (χ1v) is 6.40. The highest BCUT2D eigenvalue weighted by Gasteiger charge is 2.13. The molecular formula is C15H20N2O2. The average molecular weight is 260 g/mol. The normalized spacial score (nSPS) is 12.4. The van der Waals surface area contributed by atoms with Crippen LogP contribution in [0, 0.1) is 13.8 Å². The Morgan fingerprint density at radius 3 is 2.84 bits per heavy atom. The Morgan fingerprint density at radius 2 is 2.21 bits per heavy atom. The van der Waals surface area contributed by atoms with E-state index in [-0.39, 0.29) is 6.04 Å². The van der Waals surface area contributed by atoms with Crippen LogP contribution in [-0.2, 0) is 6.54 Å². The number of hydrogen-bond acceptors (Lipinski definition) is 4. The maximum absolute atomic E-state index is 5.56. The van der Waals surface area contributed by atoms with Crippen LogP contribution in [0.3, 0.4) is 0 Å². The largest absolute Gasteiger partial charge is 0.481 e. The van der Waals surface area contributed by atoms with Crippen molar-refractivity contribution in [2.24, 2.45) is 0 Å². The van der Waals surface area contributed by atoms with Gasteiger partial charge >= 0.3 is 0 Å². The molecule has 2 aromatic rings. The molecule has 0 fully saturated rings. The second kappa shape index (κ2) is 5.89. The van der Waals surface area contributed by atoms with Crippen LogP contribution in [0.5, 0.6) is 5.88 Å². The summed E-state index contributed by atoms with van der Waals surface area (Å²) in [5, 5.41) is 3.46. The molecule has 0 aliphatic rings. The van der Waals surface area contributed by atoms with E-state index in [1.165, 1.54) is 5.56 Å². The summed E-state index contributed by atoms with van der Waals surface area (Å²) in [5.41, 5.74) is 2.25. The van der Waals surface area contributed by atoms with E-state index in [9.17, 15) is 0 Å². The zero-order valence-electron chi connectivity index (χ0n) is 11.9. The fourth-order valence-electron chi connectivity index (χ4n) is 2.20. The Morgan fingerprint density at radius 1 is 1.42 bits per heavy atom. The molecule has 1 unspecified atom stereocenters. The molecule has 4 heteroatoms. The average Bonchev–Trinajstić information content (AvgIpc) is 2.75. The topological polar surface area (TPSA) is 47.3 Å². The van der Waals surface area contributed by atoms with Gasteiger partial charge in [-0.25, -0.2) is 4.98 Å². The SMILES string of the molecule is COc1ncccc1CNC(C)c1cc(C)oc1C. The van der Waals surface area contributed by atoms with Crippen molar-refractivity contribution in [3.05, 3.63) is 47.0 Å². The number of aromatic nitrogens is 1. The fourth-order valence-corrected chi connectivity index (χ4v) is 2.20. The summed E-state index contributed by atoms with van der Waals surface area (Å²) in [6.07, 6.45) is 1.73. The molecule has 0 bridgehead atoms. The third-order valence-corrected chi connectivity index (χ3v) is 3.19. The Kier molecular flexibility index (Phi) is 4.22. The van der Waals surface area contributed by atoms with Crippen LogP contribution in [-0.4, -0.2) is 12.1 Å². The molecule has 0 spiro atoms. The predicted octanol–water partition coefficient (Wildman–Crippen LogP) is 3.15. The molecule has 102 valence electrons. The minimum Gasteiger partial charge on any atom is -0.481 e. The number of nitrogens with zero attached hydrogens (tertiary/aromatic N) is 1. The van der Waals surface area contributed by atoms with E-state index in [0.29, 0.717) is 12.4 Å². The molecule has 0 saturated heterocycles. The number of nitrogens with one attached hydrogen (secondary N) is 1. The van der Waals surface area contributed by atoms with E-state index in [2.05, 4.69) is 23.3 Å². The first kappa shape index (κ1) is 13.6. The number of rotatable bonds is 5. The van der Waals surface area contributed by atoms with Crippen LogP contribution in [0.1, 0.15) is 35.6 Å². The van der Waals surface area contributed by atoms with Gasteiger partial charge in [-0.15, -0.1) is 0 Å². The van der Waals surface area contributed by atoms with E-state index in [1.54, 1.807) is 13.3 Å². The van der Waals surface area contributed by atoms with Crippen LogP contribution in [0.25, 0.3) is 0 Å². The van der Waals surface area contributed by atoms with Crippen LogP contribution in [0.15, 0.2) is 28.8 Å². The molecule has 2 rings (SSSR count). The highest BCUT2D eigenvalue weighted by molar-refractivity contribution is 5.27. The van der Waals surface area contributed by atoms with Crippen molar-refractivity contribution in [2.45, 2.75) is 33.4 Å². The molecule has 0 radical (unpaired) electrons. The van der Waals surface area contributed by atoms with Crippen LogP contribution in [0.2, 0.25) is 0 Å². The molecule has 19 heavy (non-hydrogen) atoms. The van der Waals surface area contributed by atoms with Crippen molar-refractivity contribution >= 4 is 0 Å². The number of hydrogen-bond donors (Lipinski definition) is 1. The summed E-state index contributed by atoms with van der Waals surface area (Å²) < 4.78 is 10.8. The number of furan rings is 1. The summed E-state index contributed by atoms with van der Waals surface area (Å²) >= 11 is 0. The maximum atomic E-state index is 5.56. The fraction of sp³-hybridized carbons (Fsp3) is 0.400. The van der Waals surface area contributed by atoms with Crippen LogP contribution < -0.4 is 10.1 Å². The highest BCUT2D eigenvalue weighted by Crippen LogP contribution is 2.22. The molecule has 4 nitrogen and oxygen atoms in total. The molecule has 1 atom stereocenters. The van der Waals surface area contributed by atoms with E-state index < -0.39 is 0 Å². The quantitative estimate of drug-likeness (QED) is 0.897. The molecule has 0 aromatic carbocycles. The van der Waals surface area contributed by atoms with Gasteiger partial charge in [-0.3, -0.25) is 0 Å². The monoisotopic (exact) mass is 260 g/mol. The molecule has 0 amide bonds. The molecule has 0 aliphatic heterocycles. The number of methoxy groups -OCH3 is 1. The zero-order chi connectivity index (χ0) is 13.8. The summed E-state index contributed by atoms with van der Waals surface area (Å²) in [5.74, 6) is 2.58. The Bertz CT molecular complexity index is 549. The Labute approximate surface area is 113 Å². The first-order chi connectivity index (χ1) is 9.11. The highest BCUT2D eigenvalue weighted by atomic mass is 16.5. The molecular weight excluding hydrogens is 240 g/mol. The summed E-state index contributed by atoms with van der Waals surface area (Å²) in [6, 6.07) is 6.23. The van der Waals surface area contributed by atoms with Gasteiger partial charge in [0.2, 0.25) is 5.88 Å². The molecule has 0 aliphatic carbocycles. The maximum Gasteiger partial charge on any atom is 0.217 e. The molecule has 2 aromatic heterocycles. The minimum absolute atomic E-state index is 0.224. The van der Waals surface area contributed by atoms with Gasteiger partial charge in [0.25, 0.3) is 0 Å². The van der Waals surface area contributed by atoms with Gasteiger partial charge in [-0.1, -0.05) is 6.07 Å². The van der Waals surface area contributed by atoms with Crippen molar-refractivity contribution in [1.82, 2.24) is 10.3 Å². The van der Waals surface area contributed by atoms with Crippen molar-refractivity contribution in [2.75, 3.05) is 7.11 Å². The third kappa shape index (κ3) is 3.15. The lowest BCUT2D eigenvalue weighted by Gasteiger charge is -2.14. The standard InChI is InChI=1S/C15H20N2O2/c1-10-8-14(12(3)19-10)11(2)17-9-13-6-5-7-16-15(13)18-4/h5-8,11,17H,9H2,1-4H3. The minimum atomic E-state index is 0.224. The van der Waals surface area contributed by atoms with Crippen molar-refractivity contribution in [1.29, 1.82) is 0 Å². The summed E-state index contributed by atoms with van der Waals surface area (Å²) in [4.78, 5) is 4.19. The number of pyridine rings is 1. The van der Waals surface area contributed by atoms with Crippen LogP contribution >= 0.6 is 0 Å². The van der Waals surface area contributed by atoms with Gasteiger partial charge < -0.3 is 14.5 Å². The number of ether oxygens (including phenoxy) is 1. The van der Waals surface area contributed by atoms with E-state index in [1.807, 2.05) is 26.0 Å². The molecule has 0 saturated carbocycles. The first-order valence-electron chi connectivity index (χ1n) is 6.40. The predicted molar refractivity (Wildman–Crippen MR) is 74.2 cm³/mol. The van der Waals surface area contributed by atoms with E-state index in [4.69, 9.17) is 9.15 Å². The van der Waals surface area contributed by atoms with Gasteiger partial charge in [-0.2, -0.15) is 0 Å². The summed E-state index contributed by atoms with van der Waals surface area (Å²) in [6.45, 7) is 6.79. The lowest BCUT2D eigenvalue weighted by molar-refractivity contribution is 0.389. The van der Waals surface area contributed by atoms with Crippen molar-refractivity contribution in [3.8, 4) is 5.88 Å². The zero-order valence-corrected chi connectivity index (χ0v) is 11.9. The lowest BCUT2D eigenvalue weighted by Crippen LogP contribution is -2.18. The molecule has 1 N–H and O–H groups in total. The van der Waals surface area contributed by atoms with Gasteiger partial charge in [0.1, 0.15) is 11.5 Å². The van der Waals surface area contributed by atoms with Crippen molar-refractivity contribution < 1.29 is 9.15 Å². The third-order valence-electron chi connectivity index (χ3n) is 3.19. The number of aryl methyl sites for hydroxylation is 2. The van der Waals surface area contributed by atoms with Gasteiger partial charge in [0, 0.05) is 29.9 Å². The van der Waals surface area contributed by atoms with E-state index >= 15 is 0 Å². The van der Waals surface area contributed by atoms with Crippen LogP contribution in [0.4, 0.5) is 0 Å². The molecule has 2 heterocycles. The van der Waals surface area contributed by atoms with E-state index in [0.717, 1.165) is 17.1 Å². The van der Waals surface area contributed by atoms with Gasteiger partial charge in [0.05, 0.1) is 7.11 Å². The lowest BCUT2D eigenvalue weighted by atomic mass is 10.1. The second-order valence-electron chi connectivity index (χ2n) is 4.64. The smallest absolute Gasteiger partial charge is 0.217 e. The Balaban J connectivity index is 2.04. The Hall–Kier alpha value is -1.81. The van der Waals surface area contributed by atoms with Gasteiger partial charge in [-0.05, 0) is 32.9 Å².